The fourth-order valence-electron chi connectivity index (χ4n) is 4.55. The van der Waals surface area contributed by atoms with Crippen molar-refractivity contribution >= 4 is 39.3 Å². The van der Waals surface area contributed by atoms with Crippen molar-refractivity contribution in [3.05, 3.63) is 76.9 Å². The average molecular weight is 646 g/mol. The van der Waals surface area contributed by atoms with Crippen LogP contribution >= 0.6 is 27.3 Å². The van der Waals surface area contributed by atoms with Gasteiger partial charge in [0.2, 0.25) is 0 Å². The SMILES string of the molecule is CCOC(=O)C1=C(C)N=c2s/c(=C/c3ccc(OC(C)C)c(OC)c3)c(=O)n2[C@H]1c1cc(OC)c(OCC)cc1Br. The van der Waals surface area contributed by atoms with Gasteiger partial charge in [-0.05, 0) is 76.1 Å². The lowest BCUT2D eigenvalue weighted by Gasteiger charge is -2.26. The summed E-state index contributed by atoms with van der Waals surface area (Å²) in [5.41, 5.74) is 1.83. The summed E-state index contributed by atoms with van der Waals surface area (Å²) in [7, 11) is 3.11. The predicted octanol–water partition coefficient (Wildman–Crippen LogP) is 4.76. The summed E-state index contributed by atoms with van der Waals surface area (Å²) in [5, 5.41) is 0. The minimum atomic E-state index is -0.817. The Bertz CT molecular complexity index is 1670. The number of ether oxygens (including phenoxy) is 5. The number of allylic oxidation sites excluding steroid dienone is 1. The summed E-state index contributed by atoms with van der Waals surface area (Å²) in [5.74, 6) is 1.64. The molecule has 0 saturated heterocycles. The Balaban J connectivity index is 1.94. The molecule has 2 heterocycles. The first-order valence-corrected chi connectivity index (χ1v) is 14.8. The Hall–Kier alpha value is -3.57. The van der Waals surface area contributed by atoms with Crippen molar-refractivity contribution in [1.29, 1.82) is 0 Å². The van der Waals surface area contributed by atoms with Crippen LogP contribution in [0.4, 0.5) is 0 Å². The van der Waals surface area contributed by atoms with E-state index >= 15 is 0 Å². The van der Waals surface area contributed by atoms with E-state index in [1.165, 1.54) is 15.9 Å². The fourth-order valence-corrected chi connectivity index (χ4v) is 6.14. The summed E-state index contributed by atoms with van der Waals surface area (Å²) in [6.45, 7) is 9.86. The van der Waals surface area contributed by atoms with E-state index in [0.29, 0.717) is 54.7 Å². The van der Waals surface area contributed by atoms with Crippen molar-refractivity contribution in [3.8, 4) is 23.0 Å². The van der Waals surface area contributed by atoms with Gasteiger partial charge in [-0.1, -0.05) is 33.3 Å². The molecule has 9 nitrogen and oxygen atoms in total. The molecular weight excluding hydrogens is 612 g/mol. The first kappa shape index (κ1) is 30.4. The van der Waals surface area contributed by atoms with Crippen molar-refractivity contribution in [3.63, 3.8) is 0 Å². The first-order chi connectivity index (χ1) is 19.6. The van der Waals surface area contributed by atoms with Gasteiger partial charge in [-0.3, -0.25) is 9.36 Å². The minimum Gasteiger partial charge on any atom is -0.493 e. The van der Waals surface area contributed by atoms with E-state index in [1.54, 1.807) is 46.3 Å². The number of carbonyl (C=O) groups excluding carboxylic acids is 1. The maximum Gasteiger partial charge on any atom is 0.338 e. The van der Waals surface area contributed by atoms with Gasteiger partial charge in [-0.25, -0.2) is 9.79 Å². The molecule has 1 atom stereocenters. The van der Waals surface area contributed by atoms with E-state index in [1.807, 2.05) is 39.0 Å². The lowest BCUT2D eigenvalue weighted by Crippen LogP contribution is -2.40. The first-order valence-electron chi connectivity index (χ1n) is 13.2. The molecule has 1 aromatic heterocycles. The van der Waals surface area contributed by atoms with Crippen molar-refractivity contribution < 1.29 is 28.5 Å². The van der Waals surface area contributed by atoms with Gasteiger partial charge in [0.15, 0.2) is 27.8 Å². The topological polar surface area (TPSA) is 97.6 Å². The highest BCUT2D eigenvalue weighted by molar-refractivity contribution is 9.10. The van der Waals surface area contributed by atoms with Crippen molar-refractivity contribution in [2.24, 2.45) is 4.99 Å². The molecule has 1 aliphatic heterocycles. The normalized spacial score (nSPS) is 15.0. The smallest absolute Gasteiger partial charge is 0.338 e. The van der Waals surface area contributed by atoms with Gasteiger partial charge in [0.25, 0.3) is 5.56 Å². The molecule has 1 aliphatic rings. The molecule has 0 amide bonds. The van der Waals surface area contributed by atoms with Gasteiger partial charge in [0.05, 0.1) is 55.4 Å². The standard InChI is InChI=1S/C30H33BrN2O7S/c1-8-38-24-15-20(31)19(14-23(24)37-7)27-26(29(35)39-9-2)17(5)32-30-33(27)28(34)25(41-30)13-18-10-11-21(40-16(3)4)22(12-18)36-6/h10-16,27H,8-9H2,1-7H3/b25-13+/t27-/m0/s1. The van der Waals surface area contributed by atoms with E-state index < -0.39 is 12.0 Å². The zero-order chi connectivity index (χ0) is 29.8. The average Bonchev–Trinajstić information content (AvgIpc) is 3.23. The van der Waals surface area contributed by atoms with Crippen LogP contribution in [0.3, 0.4) is 0 Å². The number of fused-ring (bicyclic) bond motifs is 1. The maximum atomic E-state index is 14.0. The molecule has 4 rings (SSSR count). The minimum absolute atomic E-state index is 0.0178. The zero-order valence-electron chi connectivity index (χ0n) is 24.1. The fraction of sp³-hybridized carbons (Fsp3) is 0.367. The highest BCUT2D eigenvalue weighted by Crippen LogP contribution is 2.41. The number of benzene rings is 2. The van der Waals surface area contributed by atoms with E-state index in [-0.39, 0.29) is 23.8 Å². The van der Waals surface area contributed by atoms with Gasteiger partial charge >= 0.3 is 5.97 Å². The highest BCUT2D eigenvalue weighted by Gasteiger charge is 2.35. The second-order valence-electron chi connectivity index (χ2n) is 9.34. The van der Waals surface area contributed by atoms with Gasteiger partial charge in [-0.15, -0.1) is 0 Å². The van der Waals surface area contributed by atoms with Crippen LogP contribution in [-0.2, 0) is 9.53 Å². The molecule has 218 valence electrons. The largest absolute Gasteiger partial charge is 0.493 e. The predicted molar refractivity (Wildman–Crippen MR) is 161 cm³/mol. The number of methoxy groups -OCH3 is 2. The molecule has 0 bridgehead atoms. The van der Waals surface area contributed by atoms with Crippen LogP contribution in [0.5, 0.6) is 23.0 Å². The lowest BCUT2D eigenvalue weighted by molar-refractivity contribution is -0.139. The third-order valence-corrected chi connectivity index (χ3v) is 7.91. The Labute approximate surface area is 250 Å². The van der Waals surface area contributed by atoms with Crippen molar-refractivity contribution in [2.45, 2.75) is 46.8 Å². The molecule has 3 aromatic rings. The molecule has 0 unspecified atom stereocenters. The Morgan fingerprint density at radius 2 is 1.78 bits per heavy atom. The number of carbonyl (C=O) groups is 1. The van der Waals surface area contributed by atoms with Crippen LogP contribution < -0.4 is 33.8 Å². The van der Waals surface area contributed by atoms with E-state index in [9.17, 15) is 9.59 Å². The summed E-state index contributed by atoms with van der Waals surface area (Å²) in [4.78, 5) is 32.4. The summed E-state index contributed by atoms with van der Waals surface area (Å²) >= 11 is 4.88. The van der Waals surface area contributed by atoms with Crippen LogP contribution in [-0.4, -0.2) is 44.1 Å². The van der Waals surface area contributed by atoms with E-state index in [2.05, 4.69) is 20.9 Å². The molecular formula is C30H33BrN2O7S. The number of aromatic nitrogens is 1. The Morgan fingerprint density at radius 3 is 2.41 bits per heavy atom. The number of nitrogens with zero attached hydrogens (tertiary/aromatic N) is 2. The number of esters is 1. The number of rotatable bonds is 10. The Kier molecular flexibility index (Phi) is 9.60. The van der Waals surface area contributed by atoms with Gasteiger partial charge < -0.3 is 23.7 Å². The molecule has 0 aliphatic carbocycles. The monoisotopic (exact) mass is 644 g/mol. The van der Waals surface area contributed by atoms with Crippen molar-refractivity contribution in [2.75, 3.05) is 27.4 Å². The summed E-state index contributed by atoms with van der Waals surface area (Å²) < 4.78 is 30.7. The van der Waals surface area contributed by atoms with Gasteiger partial charge in [0, 0.05) is 4.47 Å². The number of thiazole rings is 1. The molecule has 11 heteroatoms. The van der Waals surface area contributed by atoms with Crippen LogP contribution in [0.25, 0.3) is 6.08 Å². The van der Waals surface area contributed by atoms with Gasteiger partial charge in [0.1, 0.15) is 0 Å². The number of hydrogen-bond donors (Lipinski definition) is 0. The third-order valence-electron chi connectivity index (χ3n) is 6.24. The van der Waals surface area contributed by atoms with Crippen LogP contribution in [0.1, 0.15) is 51.8 Å². The molecule has 0 spiro atoms. The van der Waals surface area contributed by atoms with E-state index in [0.717, 1.165) is 5.56 Å². The second-order valence-corrected chi connectivity index (χ2v) is 11.2. The second kappa shape index (κ2) is 12.9. The molecule has 0 radical (unpaired) electrons. The molecule has 2 aromatic carbocycles. The highest BCUT2D eigenvalue weighted by atomic mass is 79.9. The number of halogens is 1. The van der Waals surface area contributed by atoms with Crippen LogP contribution in [0.15, 0.2) is 55.9 Å². The van der Waals surface area contributed by atoms with Crippen molar-refractivity contribution in [1.82, 2.24) is 4.57 Å². The zero-order valence-corrected chi connectivity index (χ0v) is 26.5. The third kappa shape index (κ3) is 6.20. The quantitative estimate of drug-likeness (QED) is 0.294. The lowest BCUT2D eigenvalue weighted by atomic mass is 9.95. The van der Waals surface area contributed by atoms with Crippen LogP contribution in [0.2, 0.25) is 0 Å². The molecule has 41 heavy (non-hydrogen) atoms. The molecule has 0 saturated carbocycles. The van der Waals surface area contributed by atoms with E-state index in [4.69, 9.17) is 23.7 Å². The summed E-state index contributed by atoms with van der Waals surface area (Å²) in [6, 6.07) is 8.22. The van der Waals surface area contributed by atoms with Crippen LogP contribution in [0, 0.1) is 0 Å². The maximum absolute atomic E-state index is 14.0. The molecule has 0 fully saturated rings. The number of hydrogen-bond acceptors (Lipinski definition) is 9. The molecule has 0 N–H and O–H groups in total. The van der Waals surface area contributed by atoms with Gasteiger partial charge in [-0.2, -0.15) is 0 Å². The Morgan fingerprint density at radius 1 is 1.07 bits per heavy atom. The summed E-state index contributed by atoms with van der Waals surface area (Å²) in [6.07, 6.45) is 1.76.